The Balaban J connectivity index is 4.71. The summed E-state index contributed by atoms with van der Waals surface area (Å²) in [5, 5.41) is 18.4. The minimum Gasteiger partial charge on any atom is -0.411 e. The molecular weight excluding hydrogens is 170 g/mol. The van der Waals surface area contributed by atoms with Gasteiger partial charge in [0.2, 0.25) is 0 Å². The quantitative estimate of drug-likeness (QED) is 0.340. The molecule has 0 aliphatic rings. The van der Waals surface area contributed by atoms with Crippen LogP contribution in [0.25, 0.3) is 0 Å². The molecule has 0 aromatic rings. The summed E-state index contributed by atoms with van der Waals surface area (Å²) in [5.41, 5.74) is -0.00463. The molecule has 0 saturated heterocycles. The highest BCUT2D eigenvalue weighted by atomic mass is 32.2. The second kappa shape index (κ2) is 3.68. The first-order valence-electron chi connectivity index (χ1n) is 2.91. The molecule has 0 fully saturated rings. The van der Waals surface area contributed by atoms with Gasteiger partial charge in [-0.05, 0) is 6.92 Å². The van der Waals surface area contributed by atoms with Gasteiger partial charge >= 0.3 is 0 Å². The molecule has 11 heavy (non-hydrogen) atoms. The van der Waals surface area contributed by atoms with Gasteiger partial charge in [0.25, 0.3) is 0 Å². The van der Waals surface area contributed by atoms with Crippen LogP contribution in [0.2, 0.25) is 0 Å². The van der Waals surface area contributed by atoms with E-state index in [1.165, 1.54) is 6.92 Å². The Labute approximate surface area is 65.3 Å². The predicted octanol–water partition coefficient (Wildman–Crippen LogP) is -0.758. The topological polar surface area (TPSA) is 87.0 Å². The summed E-state index contributed by atoms with van der Waals surface area (Å²) in [6.07, 6.45) is 0.975. The highest BCUT2D eigenvalue weighted by molar-refractivity contribution is 7.92. The number of aliphatic hydroxyl groups is 1. The first-order valence-corrected chi connectivity index (χ1v) is 4.87. The molecule has 66 valence electrons. The van der Waals surface area contributed by atoms with Crippen molar-refractivity contribution in [3.8, 4) is 0 Å². The molecule has 0 aromatic heterocycles. The molecule has 0 bridgehead atoms. The lowest BCUT2D eigenvalue weighted by molar-refractivity contribution is 0.295. The Hall–Kier alpha value is -0.620. The zero-order valence-corrected chi connectivity index (χ0v) is 7.17. The van der Waals surface area contributed by atoms with E-state index in [4.69, 9.17) is 10.3 Å². The highest BCUT2D eigenvalue weighted by Crippen LogP contribution is 2.00. The van der Waals surface area contributed by atoms with E-state index >= 15 is 0 Å². The zero-order valence-electron chi connectivity index (χ0n) is 6.35. The first-order chi connectivity index (χ1) is 4.93. The Morgan fingerprint density at radius 1 is 1.64 bits per heavy atom. The van der Waals surface area contributed by atoms with Gasteiger partial charge in [-0.25, -0.2) is 8.42 Å². The third-order valence-corrected chi connectivity index (χ3v) is 2.83. The number of hydrogen-bond donors (Lipinski definition) is 2. The Morgan fingerprint density at radius 2 is 2.09 bits per heavy atom. The molecule has 2 N–H and O–H groups in total. The molecule has 0 aliphatic carbocycles. The van der Waals surface area contributed by atoms with Crippen molar-refractivity contribution >= 4 is 15.5 Å². The van der Waals surface area contributed by atoms with Gasteiger partial charge in [0.05, 0.1) is 12.3 Å². The summed E-state index contributed by atoms with van der Waals surface area (Å²) >= 11 is 0. The molecule has 0 saturated carbocycles. The van der Waals surface area contributed by atoms with Crippen LogP contribution in [0.1, 0.15) is 6.92 Å². The number of oxime groups is 1. The van der Waals surface area contributed by atoms with Crippen LogP contribution in [0.3, 0.4) is 0 Å². The van der Waals surface area contributed by atoms with Gasteiger partial charge in [0.15, 0.2) is 9.84 Å². The summed E-state index contributed by atoms with van der Waals surface area (Å²) in [4.78, 5) is 0. The van der Waals surface area contributed by atoms with Gasteiger partial charge in [0, 0.05) is 6.26 Å². The maximum absolute atomic E-state index is 10.8. The van der Waals surface area contributed by atoms with Crippen LogP contribution in [-0.4, -0.2) is 42.6 Å². The summed E-state index contributed by atoms with van der Waals surface area (Å²) < 4.78 is 21.6. The van der Waals surface area contributed by atoms with Crippen LogP contribution in [0.4, 0.5) is 0 Å². The van der Waals surface area contributed by atoms with Crippen molar-refractivity contribution in [2.45, 2.75) is 12.2 Å². The van der Waals surface area contributed by atoms with Crippen molar-refractivity contribution in [3.05, 3.63) is 0 Å². The normalized spacial score (nSPS) is 16.5. The largest absolute Gasteiger partial charge is 0.411 e. The molecule has 0 amide bonds. The highest BCUT2D eigenvalue weighted by Gasteiger charge is 2.22. The molecule has 0 aromatic carbocycles. The lowest BCUT2D eigenvalue weighted by atomic mass is 10.3. The third-order valence-electron chi connectivity index (χ3n) is 1.31. The molecule has 1 atom stereocenters. The van der Waals surface area contributed by atoms with Crippen molar-refractivity contribution in [3.63, 3.8) is 0 Å². The van der Waals surface area contributed by atoms with Crippen LogP contribution >= 0.6 is 0 Å². The van der Waals surface area contributed by atoms with Gasteiger partial charge in [-0.3, -0.25) is 0 Å². The van der Waals surface area contributed by atoms with Gasteiger partial charge in [0.1, 0.15) is 5.25 Å². The number of nitrogens with zero attached hydrogens (tertiary/aromatic N) is 1. The second-order valence-electron chi connectivity index (χ2n) is 2.24. The number of rotatable bonds is 3. The SMILES string of the molecule is CC(=NO)C(CO)S(C)(=O)=O. The van der Waals surface area contributed by atoms with Crippen LogP contribution in [0, 0.1) is 0 Å². The smallest absolute Gasteiger partial charge is 0.158 e. The third kappa shape index (κ3) is 2.85. The fourth-order valence-electron chi connectivity index (χ4n) is 0.642. The van der Waals surface area contributed by atoms with Crippen molar-refractivity contribution in [1.29, 1.82) is 0 Å². The molecule has 5 nitrogen and oxygen atoms in total. The summed E-state index contributed by atoms with van der Waals surface area (Å²) in [5.74, 6) is 0. The van der Waals surface area contributed by atoms with Crippen LogP contribution in [-0.2, 0) is 9.84 Å². The minimum atomic E-state index is -3.37. The molecule has 0 aliphatic heterocycles. The molecule has 0 heterocycles. The maximum Gasteiger partial charge on any atom is 0.158 e. The van der Waals surface area contributed by atoms with Crippen molar-refractivity contribution in [2.75, 3.05) is 12.9 Å². The summed E-state index contributed by atoms with van der Waals surface area (Å²) in [7, 11) is -3.37. The molecule has 0 radical (unpaired) electrons. The monoisotopic (exact) mass is 181 g/mol. The van der Waals surface area contributed by atoms with E-state index in [1.54, 1.807) is 0 Å². The number of hydrogen-bond acceptors (Lipinski definition) is 5. The average Bonchev–Trinajstić information content (AvgIpc) is 1.86. The molecule has 0 rings (SSSR count). The van der Waals surface area contributed by atoms with Gasteiger partial charge < -0.3 is 10.3 Å². The van der Waals surface area contributed by atoms with Crippen molar-refractivity contribution < 1.29 is 18.7 Å². The number of sulfone groups is 1. The number of aliphatic hydroxyl groups excluding tert-OH is 1. The van der Waals surface area contributed by atoms with Gasteiger partial charge in [-0.15, -0.1) is 0 Å². The van der Waals surface area contributed by atoms with E-state index in [1.807, 2.05) is 0 Å². The van der Waals surface area contributed by atoms with Crippen LogP contribution in [0.5, 0.6) is 0 Å². The van der Waals surface area contributed by atoms with Crippen molar-refractivity contribution in [2.24, 2.45) is 5.16 Å². The maximum atomic E-state index is 10.8. The molecular formula is C5H11NO4S. The van der Waals surface area contributed by atoms with Gasteiger partial charge in [-0.2, -0.15) is 0 Å². The van der Waals surface area contributed by atoms with Crippen molar-refractivity contribution in [1.82, 2.24) is 0 Å². The lowest BCUT2D eigenvalue weighted by Gasteiger charge is -2.08. The minimum absolute atomic E-state index is 0.00463. The first kappa shape index (κ1) is 10.4. The van der Waals surface area contributed by atoms with E-state index < -0.39 is 21.7 Å². The molecule has 0 spiro atoms. The van der Waals surface area contributed by atoms with E-state index in [0.29, 0.717) is 0 Å². The fraction of sp³-hybridized carbons (Fsp3) is 0.800. The van der Waals surface area contributed by atoms with Gasteiger partial charge in [-0.1, -0.05) is 5.16 Å². The standard InChI is InChI=1S/C5H11NO4S/c1-4(6-8)5(3-7)11(2,9)10/h5,7-8H,3H2,1-2H3. The zero-order chi connectivity index (χ0) is 9.07. The second-order valence-corrected chi connectivity index (χ2v) is 4.47. The molecule has 6 heteroatoms. The van der Waals surface area contributed by atoms with E-state index in [0.717, 1.165) is 6.26 Å². The summed E-state index contributed by atoms with van der Waals surface area (Å²) in [6.45, 7) is 0.774. The Bertz CT molecular complexity index is 243. The van der Waals surface area contributed by atoms with Crippen LogP contribution < -0.4 is 0 Å². The van der Waals surface area contributed by atoms with Crippen LogP contribution in [0.15, 0.2) is 5.16 Å². The lowest BCUT2D eigenvalue weighted by Crippen LogP contribution is -2.31. The summed E-state index contributed by atoms with van der Waals surface area (Å²) in [6, 6.07) is 0. The molecule has 1 unspecified atom stereocenters. The predicted molar refractivity (Wildman–Crippen MR) is 40.6 cm³/mol. The Kier molecular flexibility index (Phi) is 3.47. The van der Waals surface area contributed by atoms with E-state index in [9.17, 15) is 8.42 Å². The fourth-order valence-corrected chi connectivity index (χ4v) is 1.58. The van der Waals surface area contributed by atoms with E-state index in [-0.39, 0.29) is 5.71 Å². The average molecular weight is 181 g/mol. The van der Waals surface area contributed by atoms with E-state index in [2.05, 4.69) is 5.16 Å². The Morgan fingerprint density at radius 3 is 2.18 bits per heavy atom.